The van der Waals surface area contributed by atoms with E-state index in [4.69, 9.17) is 0 Å². The van der Waals surface area contributed by atoms with E-state index in [1.807, 2.05) is 30.7 Å². The number of rotatable bonds is 4. The van der Waals surface area contributed by atoms with E-state index in [0.717, 1.165) is 0 Å². The van der Waals surface area contributed by atoms with E-state index in [1.54, 1.807) is 30.3 Å². The number of hydrogen-bond donors (Lipinski definition) is 1. The second kappa shape index (κ2) is 6.26. The van der Waals surface area contributed by atoms with Crippen LogP contribution in [-0.4, -0.2) is 23.6 Å². The molecule has 0 saturated heterocycles. The third-order valence-corrected chi connectivity index (χ3v) is 3.11. The first-order chi connectivity index (χ1) is 10.0. The van der Waals surface area contributed by atoms with Crippen LogP contribution in [-0.2, 0) is 4.74 Å². The quantitative estimate of drug-likeness (QED) is 0.878. The predicted octanol–water partition coefficient (Wildman–Crippen LogP) is 3.11. The van der Waals surface area contributed by atoms with Crippen LogP contribution in [0.1, 0.15) is 40.7 Å². The molecule has 0 aliphatic heterocycles. The second-order valence-corrected chi connectivity index (χ2v) is 4.92. The molecule has 0 atom stereocenters. The summed E-state index contributed by atoms with van der Waals surface area (Å²) in [5.41, 5.74) is 1.53. The number of hydrogen-bond acceptors (Lipinski definition) is 3. The molecule has 0 radical (unpaired) electrons. The SMILES string of the molecule is COC(=O)c1cccc(NC(=O)c2cccn2C(C)C)c1. The zero-order chi connectivity index (χ0) is 15.4. The topological polar surface area (TPSA) is 60.3 Å². The van der Waals surface area contributed by atoms with Gasteiger partial charge in [0.05, 0.1) is 12.7 Å². The number of nitrogens with zero attached hydrogens (tertiary/aromatic N) is 1. The van der Waals surface area contributed by atoms with Crippen LogP contribution in [0.25, 0.3) is 0 Å². The van der Waals surface area contributed by atoms with E-state index in [1.165, 1.54) is 7.11 Å². The van der Waals surface area contributed by atoms with Crippen LogP contribution in [0.3, 0.4) is 0 Å². The van der Waals surface area contributed by atoms with Gasteiger partial charge in [-0.3, -0.25) is 4.79 Å². The Morgan fingerprint density at radius 2 is 1.95 bits per heavy atom. The molecular weight excluding hydrogens is 268 g/mol. The van der Waals surface area contributed by atoms with Gasteiger partial charge in [0, 0.05) is 17.9 Å². The summed E-state index contributed by atoms with van der Waals surface area (Å²) < 4.78 is 6.55. The molecule has 0 unspecified atom stereocenters. The lowest BCUT2D eigenvalue weighted by molar-refractivity contribution is 0.0600. The van der Waals surface area contributed by atoms with Crippen molar-refractivity contribution in [3.8, 4) is 0 Å². The number of esters is 1. The van der Waals surface area contributed by atoms with E-state index in [2.05, 4.69) is 10.1 Å². The van der Waals surface area contributed by atoms with Gasteiger partial charge in [-0.25, -0.2) is 4.79 Å². The van der Waals surface area contributed by atoms with Crippen molar-refractivity contribution in [2.24, 2.45) is 0 Å². The molecule has 110 valence electrons. The van der Waals surface area contributed by atoms with Crippen molar-refractivity contribution in [1.82, 2.24) is 4.57 Å². The molecule has 0 bridgehead atoms. The average Bonchev–Trinajstić information content (AvgIpc) is 2.96. The number of ether oxygens (including phenoxy) is 1. The fourth-order valence-corrected chi connectivity index (χ4v) is 2.07. The first kappa shape index (κ1) is 14.8. The molecular formula is C16H18N2O3. The van der Waals surface area contributed by atoms with Crippen molar-refractivity contribution < 1.29 is 14.3 Å². The molecule has 1 N–H and O–H groups in total. The number of carbonyl (C=O) groups excluding carboxylic acids is 2. The first-order valence-corrected chi connectivity index (χ1v) is 6.69. The summed E-state index contributed by atoms with van der Waals surface area (Å²) in [7, 11) is 1.32. The summed E-state index contributed by atoms with van der Waals surface area (Å²) in [6.07, 6.45) is 1.87. The van der Waals surface area contributed by atoms with Gasteiger partial charge in [0.2, 0.25) is 0 Å². The molecule has 2 rings (SSSR count). The van der Waals surface area contributed by atoms with Crippen molar-refractivity contribution in [2.75, 3.05) is 12.4 Å². The normalized spacial score (nSPS) is 10.5. The minimum absolute atomic E-state index is 0.196. The number of aromatic nitrogens is 1. The van der Waals surface area contributed by atoms with E-state index < -0.39 is 5.97 Å². The molecule has 5 heteroatoms. The molecule has 1 aromatic carbocycles. The van der Waals surface area contributed by atoms with Crippen LogP contribution in [0.2, 0.25) is 0 Å². The van der Waals surface area contributed by atoms with Crippen molar-refractivity contribution in [3.05, 3.63) is 53.9 Å². The molecule has 0 aliphatic rings. The zero-order valence-electron chi connectivity index (χ0n) is 12.3. The van der Waals surface area contributed by atoms with Gasteiger partial charge in [0.25, 0.3) is 5.91 Å². The second-order valence-electron chi connectivity index (χ2n) is 4.92. The Bertz CT molecular complexity index is 659. The number of nitrogens with one attached hydrogen (secondary N) is 1. The van der Waals surface area contributed by atoms with Crippen LogP contribution in [0.4, 0.5) is 5.69 Å². The maximum Gasteiger partial charge on any atom is 0.337 e. The number of anilines is 1. The van der Waals surface area contributed by atoms with Gasteiger partial charge < -0.3 is 14.6 Å². The summed E-state index contributed by atoms with van der Waals surface area (Å²) in [6, 6.07) is 10.4. The van der Waals surface area contributed by atoms with E-state index in [0.29, 0.717) is 16.9 Å². The zero-order valence-corrected chi connectivity index (χ0v) is 12.3. The van der Waals surface area contributed by atoms with E-state index >= 15 is 0 Å². The lowest BCUT2D eigenvalue weighted by atomic mass is 10.2. The average molecular weight is 286 g/mol. The summed E-state index contributed by atoms with van der Waals surface area (Å²) in [6.45, 7) is 4.02. The minimum Gasteiger partial charge on any atom is -0.465 e. The van der Waals surface area contributed by atoms with Crippen LogP contribution < -0.4 is 5.32 Å². The highest BCUT2D eigenvalue weighted by molar-refractivity contribution is 6.03. The smallest absolute Gasteiger partial charge is 0.337 e. The van der Waals surface area contributed by atoms with Gasteiger partial charge in [-0.05, 0) is 44.2 Å². The van der Waals surface area contributed by atoms with Crippen molar-refractivity contribution in [1.29, 1.82) is 0 Å². The Hall–Kier alpha value is -2.56. The van der Waals surface area contributed by atoms with Gasteiger partial charge >= 0.3 is 5.97 Å². The molecule has 1 aromatic heterocycles. The monoisotopic (exact) mass is 286 g/mol. The molecule has 0 fully saturated rings. The largest absolute Gasteiger partial charge is 0.465 e. The Morgan fingerprint density at radius 3 is 2.62 bits per heavy atom. The Labute approximate surface area is 123 Å². The minimum atomic E-state index is -0.434. The van der Waals surface area contributed by atoms with Crippen LogP contribution in [0.5, 0.6) is 0 Å². The van der Waals surface area contributed by atoms with Gasteiger partial charge in [0.1, 0.15) is 5.69 Å². The van der Waals surface area contributed by atoms with Crippen LogP contribution in [0, 0.1) is 0 Å². The first-order valence-electron chi connectivity index (χ1n) is 6.69. The van der Waals surface area contributed by atoms with Gasteiger partial charge in [-0.15, -0.1) is 0 Å². The highest BCUT2D eigenvalue weighted by Crippen LogP contribution is 2.15. The molecule has 2 aromatic rings. The Morgan fingerprint density at radius 1 is 1.19 bits per heavy atom. The highest BCUT2D eigenvalue weighted by Gasteiger charge is 2.13. The number of methoxy groups -OCH3 is 1. The molecule has 5 nitrogen and oxygen atoms in total. The Balaban J connectivity index is 2.20. The van der Waals surface area contributed by atoms with Crippen LogP contribution >= 0.6 is 0 Å². The number of carbonyl (C=O) groups is 2. The van der Waals surface area contributed by atoms with Gasteiger partial charge in [-0.2, -0.15) is 0 Å². The fraction of sp³-hybridized carbons (Fsp3) is 0.250. The predicted molar refractivity (Wildman–Crippen MR) is 80.6 cm³/mol. The van der Waals surface area contributed by atoms with E-state index in [-0.39, 0.29) is 11.9 Å². The van der Waals surface area contributed by atoms with E-state index in [9.17, 15) is 9.59 Å². The molecule has 0 saturated carbocycles. The molecule has 1 amide bonds. The number of benzene rings is 1. The summed E-state index contributed by atoms with van der Waals surface area (Å²) >= 11 is 0. The fourth-order valence-electron chi connectivity index (χ4n) is 2.07. The third-order valence-electron chi connectivity index (χ3n) is 3.11. The maximum absolute atomic E-state index is 12.3. The van der Waals surface area contributed by atoms with Crippen molar-refractivity contribution >= 4 is 17.6 Å². The van der Waals surface area contributed by atoms with Gasteiger partial charge in [0.15, 0.2) is 0 Å². The highest BCUT2D eigenvalue weighted by atomic mass is 16.5. The van der Waals surface area contributed by atoms with Crippen molar-refractivity contribution in [2.45, 2.75) is 19.9 Å². The summed E-state index contributed by atoms with van der Waals surface area (Å²) in [5.74, 6) is -0.646. The summed E-state index contributed by atoms with van der Waals surface area (Å²) in [4.78, 5) is 23.8. The third kappa shape index (κ3) is 3.31. The molecule has 1 heterocycles. The van der Waals surface area contributed by atoms with Crippen LogP contribution in [0.15, 0.2) is 42.6 Å². The van der Waals surface area contributed by atoms with Crippen molar-refractivity contribution in [3.63, 3.8) is 0 Å². The number of amides is 1. The van der Waals surface area contributed by atoms with Gasteiger partial charge in [-0.1, -0.05) is 6.07 Å². The molecule has 21 heavy (non-hydrogen) atoms. The maximum atomic E-state index is 12.3. The molecule has 0 spiro atoms. The lowest BCUT2D eigenvalue weighted by Gasteiger charge is -2.13. The lowest BCUT2D eigenvalue weighted by Crippen LogP contribution is -2.18. The summed E-state index contributed by atoms with van der Waals surface area (Å²) in [5, 5.41) is 2.79. The molecule has 0 aliphatic carbocycles. The standard InChI is InChI=1S/C16H18N2O3/c1-11(2)18-9-5-8-14(18)15(19)17-13-7-4-6-12(10-13)16(20)21-3/h4-11H,1-3H3,(H,17,19). The Kier molecular flexibility index (Phi) is 4.42.